The Morgan fingerprint density at radius 1 is 0.778 bits per heavy atom. The van der Waals surface area contributed by atoms with Gasteiger partial charge in [-0.15, -0.1) is 0 Å². The molecule has 5 unspecified atom stereocenters. The number of carbonyl (C=O) groups excluding carboxylic acids is 3. The van der Waals surface area contributed by atoms with Crippen molar-refractivity contribution < 1.29 is 34.5 Å². The summed E-state index contributed by atoms with van der Waals surface area (Å²) in [4.78, 5) is 49.9. The van der Waals surface area contributed by atoms with Crippen molar-refractivity contribution in [3.63, 3.8) is 0 Å². The summed E-state index contributed by atoms with van der Waals surface area (Å²) in [6.07, 6.45) is -1.38. The van der Waals surface area contributed by atoms with Crippen molar-refractivity contribution in [2.24, 2.45) is 5.73 Å². The SMILES string of the molecule is CC(N)C(=O)NC(Cc1ccc(O)cc1)C(=O)NC(C(=O)NC(Cc1ccccc1)C(=O)O)C(C)O. The number of benzene rings is 2. The average Bonchev–Trinajstić information content (AvgIpc) is 2.82. The Morgan fingerprint density at radius 2 is 1.31 bits per heavy atom. The minimum Gasteiger partial charge on any atom is -0.508 e. The van der Waals surface area contributed by atoms with Crippen molar-refractivity contribution in [2.75, 3.05) is 0 Å². The predicted molar refractivity (Wildman–Crippen MR) is 131 cm³/mol. The molecule has 0 aliphatic carbocycles. The van der Waals surface area contributed by atoms with Gasteiger partial charge in [0.1, 0.15) is 23.9 Å². The summed E-state index contributed by atoms with van der Waals surface area (Å²) in [5.74, 6) is -3.55. The molecule has 0 saturated carbocycles. The van der Waals surface area contributed by atoms with E-state index in [2.05, 4.69) is 16.0 Å². The number of carboxylic acids is 1. The summed E-state index contributed by atoms with van der Waals surface area (Å²) in [6, 6.07) is 9.76. The van der Waals surface area contributed by atoms with Crippen LogP contribution < -0.4 is 21.7 Å². The molecule has 11 nitrogen and oxygen atoms in total. The lowest BCUT2D eigenvalue weighted by atomic mass is 10.0. The third-order valence-corrected chi connectivity index (χ3v) is 5.38. The Morgan fingerprint density at radius 3 is 1.83 bits per heavy atom. The summed E-state index contributed by atoms with van der Waals surface area (Å²) in [5.41, 5.74) is 6.88. The van der Waals surface area contributed by atoms with Crippen molar-refractivity contribution >= 4 is 23.7 Å². The number of carboxylic acid groups (broad SMARTS) is 1. The van der Waals surface area contributed by atoms with E-state index >= 15 is 0 Å². The van der Waals surface area contributed by atoms with E-state index in [9.17, 15) is 34.5 Å². The number of nitrogens with one attached hydrogen (secondary N) is 3. The van der Waals surface area contributed by atoms with Crippen LogP contribution in [-0.4, -0.2) is 69.3 Å². The number of aromatic hydroxyl groups is 1. The summed E-state index contributed by atoms with van der Waals surface area (Å²) in [7, 11) is 0. The van der Waals surface area contributed by atoms with E-state index in [4.69, 9.17) is 5.73 Å². The Hall–Kier alpha value is -3.96. The molecular formula is C25H32N4O7. The molecule has 2 aromatic carbocycles. The molecule has 0 aliphatic rings. The minimum absolute atomic E-state index is 0.00366. The van der Waals surface area contributed by atoms with Gasteiger partial charge >= 0.3 is 5.97 Å². The quantitative estimate of drug-likeness (QED) is 0.202. The molecule has 0 saturated heterocycles. The summed E-state index contributed by atoms with van der Waals surface area (Å²) in [6.45, 7) is 2.71. The highest BCUT2D eigenvalue weighted by Gasteiger charge is 2.32. The first-order valence-electron chi connectivity index (χ1n) is 11.4. The number of hydrogen-bond acceptors (Lipinski definition) is 7. The van der Waals surface area contributed by atoms with E-state index in [0.29, 0.717) is 11.1 Å². The molecule has 36 heavy (non-hydrogen) atoms. The van der Waals surface area contributed by atoms with Crippen molar-refractivity contribution in [1.82, 2.24) is 16.0 Å². The van der Waals surface area contributed by atoms with E-state index in [1.54, 1.807) is 42.5 Å². The third-order valence-electron chi connectivity index (χ3n) is 5.38. The number of aliphatic hydroxyl groups excluding tert-OH is 1. The Bertz CT molecular complexity index is 1040. The van der Waals surface area contributed by atoms with Gasteiger partial charge < -0.3 is 37.0 Å². The predicted octanol–water partition coefficient (Wildman–Crippen LogP) is -0.556. The Balaban J connectivity index is 2.18. The van der Waals surface area contributed by atoms with Crippen LogP contribution in [0.15, 0.2) is 54.6 Å². The molecule has 0 aliphatic heterocycles. The van der Waals surface area contributed by atoms with Crippen LogP contribution >= 0.6 is 0 Å². The van der Waals surface area contributed by atoms with E-state index in [0.717, 1.165) is 0 Å². The Labute approximate surface area is 208 Å². The van der Waals surface area contributed by atoms with Gasteiger partial charge in [-0.3, -0.25) is 14.4 Å². The van der Waals surface area contributed by atoms with Crippen molar-refractivity contribution in [2.45, 2.75) is 57.0 Å². The van der Waals surface area contributed by atoms with Gasteiger partial charge in [0, 0.05) is 12.8 Å². The number of carbonyl (C=O) groups is 4. The fourth-order valence-electron chi connectivity index (χ4n) is 3.35. The van der Waals surface area contributed by atoms with Crippen LogP contribution in [0.25, 0.3) is 0 Å². The lowest BCUT2D eigenvalue weighted by molar-refractivity contribution is -0.143. The second kappa shape index (κ2) is 13.2. The Kier molecular flexibility index (Phi) is 10.4. The van der Waals surface area contributed by atoms with Crippen molar-refractivity contribution in [3.8, 4) is 5.75 Å². The maximum Gasteiger partial charge on any atom is 0.326 e. The number of aliphatic carboxylic acids is 1. The first-order valence-corrected chi connectivity index (χ1v) is 11.4. The smallest absolute Gasteiger partial charge is 0.326 e. The van der Waals surface area contributed by atoms with E-state index < -0.39 is 54.0 Å². The van der Waals surface area contributed by atoms with Gasteiger partial charge in [0.05, 0.1) is 12.1 Å². The zero-order chi connectivity index (χ0) is 26.8. The highest BCUT2D eigenvalue weighted by Crippen LogP contribution is 2.12. The number of phenols is 1. The number of rotatable bonds is 12. The molecule has 0 heterocycles. The van der Waals surface area contributed by atoms with Crippen LogP contribution in [0.5, 0.6) is 5.75 Å². The third kappa shape index (κ3) is 8.67. The summed E-state index contributed by atoms with van der Waals surface area (Å²) >= 11 is 0. The number of nitrogens with two attached hydrogens (primary N) is 1. The minimum atomic E-state index is -1.50. The van der Waals surface area contributed by atoms with Crippen LogP contribution in [0.2, 0.25) is 0 Å². The lowest BCUT2D eigenvalue weighted by Gasteiger charge is -2.26. The van der Waals surface area contributed by atoms with Crippen LogP contribution in [-0.2, 0) is 32.0 Å². The van der Waals surface area contributed by atoms with Crippen molar-refractivity contribution in [1.29, 1.82) is 0 Å². The second-order valence-electron chi connectivity index (χ2n) is 8.54. The number of phenolic OH excluding ortho intramolecular Hbond substituents is 1. The van der Waals surface area contributed by atoms with Gasteiger partial charge in [0.2, 0.25) is 17.7 Å². The van der Waals surface area contributed by atoms with Crippen LogP contribution in [0, 0.1) is 0 Å². The second-order valence-corrected chi connectivity index (χ2v) is 8.54. The van der Waals surface area contributed by atoms with Gasteiger partial charge in [0.25, 0.3) is 0 Å². The molecule has 2 rings (SSSR count). The molecule has 0 spiro atoms. The first kappa shape index (κ1) is 28.3. The van der Waals surface area contributed by atoms with Crippen LogP contribution in [0.4, 0.5) is 0 Å². The maximum absolute atomic E-state index is 13.1. The highest BCUT2D eigenvalue weighted by atomic mass is 16.4. The molecule has 194 valence electrons. The molecule has 2 aromatic rings. The lowest BCUT2D eigenvalue weighted by Crippen LogP contribution is -2.60. The van der Waals surface area contributed by atoms with Gasteiger partial charge in [-0.1, -0.05) is 42.5 Å². The molecular weight excluding hydrogens is 468 g/mol. The fraction of sp³-hybridized carbons (Fsp3) is 0.360. The van der Waals surface area contributed by atoms with E-state index in [-0.39, 0.29) is 18.6 Å². The van der Waals surface area contributed by atoms with Gasteiger partial charge in [-0.25, -0.2) is 4.79 Å². The largest absolute Gasteiger partial charge is 0.508 e. The van der Waals surface area contributed by atoms with E-state index in [1.807, 2.05) is 0 Å². The zero-order valence-electron chi connectivity index (χ0n) is 20.0. The standard InChI is InChI=1S/C25H32N4O7/c1-14(26)22(32)27-19(12-17-8-10-18(31)11-9-17)23(33)29-21(15(2)30)24(34)28-20(25(35)36)13-16-6-4-3-5-7-16/h3-11,14-15,19-21,30-31H,12-13,26H2,1-2H3,(H,27,32)(H,28,34)(H,29,33)(H,35,36). The highest BCUT2D eigenvalue weighted by molar-refractivity contribution is 5.94. The van der Waals surface area contributed by atoms with Gasteiger partial charge in [-0.05, 0) is 37.1 Å². The molecule has 0 fully saturated rings. The summed E-state index contributed by atoms with van der Waals surface area (Å²) in [5, 5.41) is 36.5. The van der Waals surface area contributed by atoms with Crippen molar-refractivity contribution in [3.05, 3.63) is 65.7 Å². The monoisotopic (exact) mass is 500 g/mol. The zero-order valence-corrected chi connectivity index (χ0v) is 20.0. The average molecular weight is 501 g/mol. The molecule has 0 aromatic heterocycles. The molecule has 11 heteroatoms. The first-order chi connectivity index (χ1) is 17.0. The molecule has 0 radical (unpaired) electrons. The summed E-state index contributed by atoms with van der Waals surface area (Å²) < 4.78 is 0. The molecule has 3 amide bonds. The normalized spacial score (nSPS) is 15.0. The van der Waals surface area contributed by atoms with Crippen LogP contribution in [0.3, 0.4) is 0 Å². The number of amides is 3. The maximum atomic E-state index is 13.1. The van der Waals surface area contributed by atoms with Gasteiger partial charge in [0.15, 0.2) is 0 Å². The van der Waals surface area contributed by atoms with Crippen LogP contribution in [0.1, 0.15) is 25.0 Å². The number of aliphatic hydroxyl groups is 1. The molecule has 8 N–H and O–H groups in total. The fourth-order valence-corrected chi connectivity index (χ4v) is 3.35. The molecule has 5 atom stereocenters. The number of hydrogen-bond donors (Lipinski definition) is 7. The molecule has 0 bridgehead atoms. The van der Waals surface area contributed by atoms with Gasteiger partial charge in [-0.2, -0.15) is 0 Å². The topological polar surface area (TPSA) is 191 Å². The van der Waals surface area contributed by atoms with E-state index in [1.165, 1.54) is 26.0 Å².